The number of hydrogen-bond donors (Lipinski definition) is 1. The van der Waals surface area contributed by atoms with Crippen LogP contribution in [-0.4, -0.2) is 64.1 Å². The van der Waals surface area contributed by atoms with Gasteiger partial charge in [0.1, 0.15) is 0 Å². The quantitative estimate of drug-likeness (QED) is 0.607. The van der Waals surface area contributed by atoms with E-state index in [-0.39, 0.29) is 0 Å². The molecule has 0 bridgehead atoms. The maximum absolute atomic E-state index is 5.38. The third kappa shape index (κ3) is 6.69. The SMILES string of the molecule is COCCN(CC(C)C)C(CNC1CC1)COC. The highest BCUT2D eigenvalue weighted by molar-refractivity contribution is 4.84. The summed E-state index contributed by atoms with van der Waals surface area (Å²) in [5.74, 6) is 0.669. The molecule has 18 heavy (non-hydrogen) atoms. The second-order valence-electron chi connectivity index (χ2n) is 5.67. The predicted molar refractivity (Wildman–Crippen MR) is 75.0 cm³/mol. The van der Waals surface area contributed by atoms with Gasteiger partial charge in [-0.1, -0.05) is 13.8 Å². The minimum absolute atomic E-state index is 0.452. The fourth-order valence-electron chi connectivity index (χ4n) is 2.18. The predicted octanol–water partition coefficient (Wildman–Crippen LogP) is 1.36. The molecule has 0 saturated heterocycles. The Kier molecular flexibility index (Phi) is 7.82. The Hall–Kier alpha value is -0.160. The lowest BCUT2D eigenvalue weighted by atomic mass is 10.1. The van der Waals surface area contributed by atoms with Crippen molar-refractivity contribution in [2.24, 2.45) is 5.92 Å². The normalized spacial score (nSPS) is 17.7. The van der Waals surface area contributed by atoms with Gasteiger partial charge in [-0.15, -0.1) is 0 Å². The molecule has 0 aromatic rings. The first-order valence-corrected chi connectivity index (χ1v) is 7.12. The van der Waals surface area contributed by atoms with Gasteiger partial charge in [0.05, 0.1) is 13.2 Å². The molecule has 4 nitrogen and oxygen atoms in total. The summed E-state index contributed by atoms with van der Waals surface area (Å²) in [6, 6.07) is 1.21. The smallest absolute Gasteiger partial charge is 0.0630 e. The van der Waals surface area contributed by atoms with E-state index in [2.05, 4.69) is 24.1 Å². The lowest BCUT2D eigenvalue weighted by Gasteiger charge is -2.32. The summed E-state index contributed by atoms with van der Waals surface area (Å²) >= 11 is 0. The van der Waals surface area contributed by atoms with E-state index in [9.17, 15) is 0 Å². The summed E-state index contributed by atoms with van der Waals surface area (Å²) in [6.45, 7) is 9.20. The van der Waals surface area contributed by atoms with E-state index >= 15 is 0 Å². The first kappa shape index (κ1) is 15.9. The molecule has 1 atom stereocenters. The Bertz CT molecular complexity index is 208. The fourth-order valence-corrected chi connectivity index (χ4v) is 2.18. The van der Waals surface area contributed by atoms with Crippen molar-refractivity contribution in [1.82, 2.24) is 10.2 Å². The first-order chi connectivity index (χ1) is 8.67. The zero-order valence-electron chi connectivity index (χ0n) is 12.4. The largest absolute Gasteiger partial charge is 0.383 e. The molecule has 108 valence electrons. The highest BCUT2D eigenvalue weighted by Gasteiger charge is 2.24. The molecule has 1 rings (SSSR count). The molecule has 1 unspecified atom stereocenters. The van der Waals surface area contributed by atoms with Crippen LogP contribution in [0, 0.1) is 5.92 Å². The van der Waals surface area contributed by atoms with Crippen LogP contribution in [0.25, 0.3) is 0 Å². The zero-order chi connectivity index (χ0) is 13.4. The molecule has 0 aliphatic heterocycles. The van der Waals surface area contributed by atoms with E-state index in [1.165, 1.54) is 12.8 Å². The van der Waals surface area contributed by atoms with Crippen LogP contribution in [0.15, 0.2) is 0 Å². The molecular weight excluding hydrogens is 228 g/mol. The fraction of sp³-hybridized carbons (Fsp3) is 1.00. The van der Waals surface area contributed by atoms with Crippen molar-refractivity contribution in [3.8, 4) is 0 Å². The molecule has 0 aromatic heterocycles. The summed E-state index contributed by atoms with van der Waals surface area (Å²) in [5, 5.41) is 3.61. The average molecular weight is 258 g/mol. The van der Waals surface area contributed by atoms with Gasteiger partial charge in [-0.05, 0) is 18.8 Å². The van der Waals surface area contributed by atoms with Crippen LogP contribution in [0.1, 0.15) is 26.7 Å². The van der Waals surface area contributed by atoms with Gasteiger partial charge in [0.15, 0.2) is 0 Å². The molecule has 0 radical (unpaired) electrons. The molecule has 1 aliphatic carbocycles. The Morgan fingerprint density at radius 2 is 1.94 bits per heavy atom. The third-order valence-corrected chi connectivity index (χ3v) is 3.28. The molecule has 4 heteroatoms. The second kappa shape index (κ2) is 8.86. The summed E-state index contributed by atoms with van der Waals surface area (Å²) < 4.78 is 10.6. The summed E-state index contributed by atoms with van der Waals surface area (Å²) in [7, 11) is 3.55. The molecule has 1 aliphatic rings. The van der Waals surface area contributed by atoms with E-state index in [0.717, 1.165) is 38.9 Å². The second-order valence-corrected chi connectivity index (χ2v) is 5.67. The van der Waals surface area contributed by atoms with Crippen molar-refractivity contribution in [1.29, 1.82) is 0 Å². The van der Waals surface area contributed by atoms with Crippen molar-refractivity contribution in [3.63, 3.8) is 0 Å². The minimum atomic E-state index is 0.452. The highest BCUT2D eigenvalue weighted by Crippen LogP contribution is 2.18. The van der Waals surface area contributed by atoms with Crippen molar-refractivity contribution in [2.75, 3.05) is 47.1 Å². The van der Waals surface area contributed by atoms with Crippen LogP contribution in [-0.2, 0) is 9.47 Å². The zero-order valence-corrected chi connectivity index (χ0v) is 12.4. The molecule has 0 spiro atoms. The Morgan fingerprint density at radius 3 is 2.44 bits per heavy atom. The van der Waals surface area contributed by atoms with Gasteiger partial charge < -0.3 is 14.8 Å². The monoisotopic (exact) mass is 258 g/mol. The maximum atomic E-state index is 5.38. The molecule has 1 saturated carbocycles. The van der Waals surface area contributed by atoms with Crippen molar-refractivity contribution in [3.05, 3.63) is 0 Å². The van der Waals surface area contributed by atoms with E-state index in [4.69, 9.17) is 9.47 Å². The van der Waals surface area contributed by atoms with E-state index < -0.39 is 0 Å². The molecule has 1 fully saturated rings. The van der Waals surface area contributed by atoms with Gasteiger partial charge in [-0.3, -0.25) is 4.90 Å². The van der Waals surface area contributed by atoms with Crippen LogP contribution in [0.5, 0.6) is 0 Å². The number of ether oxygens (including phenoxy) is 2. The first-order valence-electron chi connectivity index (χ1n) is 7.12. The summed E-state index contributed by atoms with van der Waals surface area (Å²) in [5.41, 5.74) is 0. The van der Waals surface area contributed by atoms with Crippen LogP contribution < -0.4 is 5.32 Å². The van der Waals surface area contributed by atoms with Gasteiger partial charge >= 0.3 is 0 Å². The lowest BCUT2D eigenvalue weighted by Crippen LogP contribution is -2.48. The van der Waals surface area contributed by atoms with E-state index in [1.54, 1.807) is 14.2 Å². The van der Waals surface area contributed by atoms with E-state index in [0.29, 0.717) is 12.0 Å². The van der Waals surface area contributed by atoms with Gasteiger partial charge in [0.25, 0.3) is 0 Å². The number of methoxy groups -OCH3 is 2. The van der Waals surface area contributed by atoms with E-state index in [1.807, 2.05) is 0 Å². The number of hydrogen-bond acceptors (Lipinski definition) is 4. The van der Waals surface area contributed by atoms with Crippen LogP contribution >= 0.6 is 0 Å². The summed E-state index contributed by atoms with van der Waals surface area (Å²) in [4.78, 5) is 2.49. The van der Waals surface area contributed by atoms with Crippen LogP contribution in [0.3, 0.4) is 0 Å². The highest BCUT2D eigenvalue weighted by atomic mass is 16.5. The van der Waals surface area contributed by atoms with Gasteiger partial charge in [-0.25, -0.2) is 0 Å². The lowest BCUT2D eigenvalue weighted by molar-refractivity contribution is 0.0598. The molecular formula is C14H30N2O2. The Morgan fingerprint density at radius 1 is 1.22 bits per heavy atom. The topological polar surface area (TPSA) is 33.7 Å². The number of nitrogens with zero attached hydrogens (tertiary/aromatic N) is 1. The van der Waals surface area contributed by atoms with Gasteiger partial charge in [0, 0.05) is 45.9 Å². The van der Waals surface area contributed by atoms with Gasteiger partial charge in [0.2, 0.25) is 0 Å². The van der Waals surface area contributed by atoms with Crippen molar-refractivity contribution < 1.29 is 9.47 Å². The van der Waals surface area contributed by atoms with Crippen molar-refractivity contribution in [2.45, 2.75) is 38.8 Å². The number of rotatable bonds is 11. The van der Waals surface area contributed by atoms with Crippen LogP contribution in [0.4, 0.5) is 0 Å². The minimum Gasteiger partial charge on any atom is -0.383 e. The Balaban J connectivity index is 2.43. The number of nitrogens with one attached hydrogen (secondary N) is 1. The Labute approximate surface area is 112 Å². The molecule has 1 N–H and O–H groups in total. The summed E-state index contributed by atoms with van der Waals surface area (Å²) in [6.07, 6.45) is 2.67. The van der Waals surface area contributed by atoms with Crippen molar-refractivity contribution >= 4 is 0 Å². The maximum Gasteiger partial charge on any atom is 0.0630 e. The molecule has 0 heterocycles. The van der Waals surface area contributed by atoms with Crippen LogP contribution in [0.2, 0.25) is 0 Å². The molecule has 0 amide bonds. The standard InChI is InChI=1S/C14H30N2O2/c1-12(2)10-16(7-8-17-3)14(11-18-4)9-15-13-5-6-13/h12-15H,5-11H2,1-4H3. The third-order valence-electron chi connectivity index (χ3n) is 3.28. The van der Waals surface area contributed by atoms with Gasteiger partial charge in [-0.2, -0.15) is 0 Å². The average Bonchev–Trinajstić information content (AvgIpc) is 3.13. The molecule has 0 aromatic carbocycles.